The van der Waals surface area contributed by atoms with Crippen LogP contribution in [0.2, 0.25) is 0 Å². The zero-order valence-corrected chi connectivity index (χ0v) is 12.0. The Labute approximate surface area is 118 Å². The van der Waals surface area contributed by atoms with Gasteiger partial charge < -0.3 is 0 Å². The normalized spacial score (nSPS) is 11.6. The molecule has 2 aromatic carbocycles. The number of rotatable bonds is 2. The summed E-state index contributed by atoms with van der Waals surface area (Å²) in [5.41, 5.74) is 6.01. The lowest BCUT2D eigenvalue weighted by molar-refractivity contribution is -0.645. The summed E-state index contributed by atoms with van der Waals surface area (Å²) < 4.78 is 4.03. The van der Waals surface area contributed by atoms with Crippen molar-refractivity contribution in [1.29, 1.82) is 0 Å². The Morgan fingerprint density at radius 2 is 1.75 bits per heavy atom. The van der Waals surface area contributed by atoms with Crippen molar-refractivity contribution in [2.75, 3.05) is 0 Å². The number of fused-ring (bicyclic) bond motifs is 1. The van der Waals surface area contributed by atoms with Crippen LogP contribution in [0.15, 0.2) is 53.9 Å². The van der Waals surface area contributed by atoms with Crippen molar-refractivity contribution in [3.8, 4) is 0 Å². The summed E-state index contributed by atoms with van der Waals surface area (Å²) in [5, 5.41) is 4.57. The SMILES string of the molecule is Cc1cc2c(cc1C)[n+](C)cn2/N=C\c1ccccc1. The van der Waals surface area contributed by atoms with Gasteiger partial charge in [-0.1, -0.05) is 40.1 Å². The Morgan fingerprint density at radius 3 is 2.50 bits per heavy atom. The van der Waals surface area contributed by atoms with Crippen LogP contribution in [0, 0.1) is 13.8 Å². The lowest BCUT2D eigenvalue weighted by Gasteiger charge is -1.97. The predicted octanol–water partition coefficient (Wildman–Crippen LogP) is 2.96. The van der Waals surface area contributed by atoms with Crippen LogP contribution in [0.5, 0.6) is 0 Å². The molecule has 1 aromatic heterocycles. The van der Waals surface area contributed by atoms with Crippen LogP contribution >= 0.6 is 0 Å². The van der Waals surface area contributed by atoms with E-state index in [0.717, 1.165) is 11.1 Å². The third-order valence-corrected chi connectivity index (χ3v) is 3.63. The van der Waals surface area contributed by atoms with Gasteiger partial charge >= 0.3 is 0 Å². The third kappa shape index (κ3) is 2.23. The van der Waals surface area contributed by atoms with Gasteiger partial charge in [0.15, 0.2) is 5.52 Å². The van der Waals surface area contributed by atoms with E-state index in [1.807, 2.05) is 54.6 Å². The molecule has 0 bridgehead atoms. The first-order valence-corrected chi connectivity index (χ1v) is 6.72. The molecule has 0 saturated heterocycles. The first-order valence-electron chi connectivity index (χ1n) is 6.72. The van der Waals surface area contributed by atoms with Crippen LogP contribution in [0.3, 0.4) is 0 Å². The van der Waals surface area contributed by atoms with Crippen LogP contribution in [0.4, 0.5) is 0 Å². The topological polar surface area (TPSA) is 21.2 Å². The van der Waals surface area contributed by atoms with Crippen molar-refractivity contribution in [1.82, 2.24) is 4.68 Å². The summed E-state index contributed by atoms with van der Waals surface area (Å²) in [6.45, 7) is 4.27. The van der Waals surface area contributed by atoms with Gasteiger partial charge in [0.25, 0.3) is 6.33 Å². The molecule has 0 spiro atoms. The van der Waals surface area contributed by atoms with Gasteiger partial charge in [-0.15, -0.1) is 0 Å². The van der Waals surface area contributed by atoms with Gasteiger partial charge in [-0.05, 0) is 42.7 Å². The van der Waals surface area contributed by atoms with E-state index in [1.165, 1.54) is 16.6 Å². The summed E-state index contributed by atoms with van der Waals surface area (Å²) in [6, 6.07) is 14.5. The fourth-order valence-corrected chi connectivity index (χ4v) is 2.30. The van der Waals surface area contributed by atoms with Crippen molar-refractivity contribution in [2.45, 2.75) is 13.8 Å². The van der Waals surface area contributed by atoms with Crippen LogP contribution in [-0.4, -0.2) is 10.9 Å². The molecule has 0 atom stereocenters. The highest BCUT2D eigenvalue weighted by molar-refractivity contribution is 5.80. The molecule has 0 radical (unpaired) electrons. The number of hydrogen-bond donors (Lipinski definition) is 0. The van der Waals surface area contributed by atoms with Crippen LogP contribution in [0.25, 0.3) is 11.0 Å². The van der Waals surface area contributed by atoms with Crippen LogP contribution in [0.1, 0.15) is 16.7 Å². The van der Waals surface area contributed by atoms with Gasteiger partial charge in [0.2, 0.25) is 5.52 Å². The minimum absolute atomic E-state index is 1.10. The molecule has 0 aliphatic rings. The van der Waals surface area contributed by atoms with E-state index < -0.39 is 0 Å². The molecule has 20 heavy (non-hydrogen) atoms. The Bertz CT molecular complexity index is 783. The van der Waals surface area contributed by atoms with E-state index in [2.05, 4.69) is 35.6 Å². The highest BCUT2D eigenvalue weighted by Crippen LogP contribution is 2.17. The lowest BCUT2D eigenvalue weighted by atomic mass is 10.1. The molecule has 0 saturated carbocycles. The second-order valence-corrected chi connectivity index (χ2v) is 5.15. The van der Waals surface area contributed by atoms with Gasteiger partial charge in [0.1, 0.15) is 0 Å². The molecule has 1 heterocycles. The second kappa shape index (κ2) is 4.93. The van der Waals surface area contributed by atoms with Gasteiger partial charge in [-0.3, -0.25) is 0 Å². The Balaban J connectivity index is 2.08. The molecular weight excluding hydrogens is 246 g/mol. The first kappa shape index (κ1) is 12.6. The second-order valence-electron chi connectivity index (χ2n) is 5.15. The molecule has 3 nitrogen and oxygen atoms in total. The lowest BCUT2D eigenvalue weighted by Crippen LogP contribution is -2.25. The molecule has 0 aliphatic carbocycles. The standard InChI is InChI=1S/C17H18N3/c1-13-9-16-17(10-14(13)2)20(12-19(16)3)18-11-15-7-5-4-6-8-15/h4-12H,1-3H3/q+1/b18-11-. The highest BCUT2D eigenvalue weighted by Gasteiger charge is 2.13. The zero-order chi connectivity index (χ0) is 14.1. The van der Waals surface area contributed by atoms with Crippen molar-refractivity contribution in [3.05, 3.63) is 65.5 Å². The molecule has 0 aliphatic heterocycles. The van der Waals surface area contributed by atoms with E-state index >= 15 is 0 Å². The molecule has 3 aromatic rings. The number of imidazole rings is 1. The van der Waals surface area contributed by atoms with Crippen molar-refractivity contribution < 1.29 is 4.57 Å². The highest BCUT2D eigenvalue weighted by atomic mass is 15.4. The van der Waals surface area contributed by atoms with Gasteiger partial charge in [-0.2, -0.15) is 0 Å². The largest absolute Gasteiger partial charge is 0.270 e. The minimum Gasteiger partial charge on any atom is -0.231 e. The quantitative estimate of drug-likeness (QED) is 0.501. The van der Waals surface area contributed by atoms with E-state index in [9.17, 15) is 0 Å². The third-order valence-electron chi connectivity index (χ3n) is 3.63. The predicted molar refractivity (Wildman–Crippen MR) is 82.0 cm³/mol. The maximum atomic E-state index is 4.57. The fraction of sp³-hybridized carbons (Fsp3) is 0.176. The summed E-state index contributed by atoms with van der Waals surface area (Å²) in [7, 11) is 2.05. The molecule has 0 unspecified atom stereocenters. The summed E-state index contributed by atoms with van der Waals surface area (Å²) in [4.78, 5) is 0. The number of benzene rings is 2. The average molecular weight is 264 g/mol. The van der Waals surface area contributed by atoms with Gasteiger partial charge in [0, 0.05) is 0 Å². The molecule has 100 valence electrons. The molecule has 3 rings (SSSR count). The summed E-state index contributed by atoms with van der Waals surface area (Å²) in [6.07, 6.45) is 3.89. The average Bonchev–Trinajstić information content (AvgIpc) is 2.75. The van der Waals surface area contributed by atoms with E-state index in [1.54, 1.807) is 0 Å². The zero-order valence-electron chi connectivity index (χ0n) is 12.0. The summed E-state index contributed by atoms with van der Waals surface area (Å²) >= 11 is 0. The van der Waals surface area contributed by atoms with Crippen molar-refractivity contribution in [2.24, 2.45) is 12.1 Å². The van der Waals surface area contributed by atoms with Gasteiger partial charge in [0.05, 0.1) is 13.3 Å². The minimum atomic E-state index is 1.10. The van der Waals surface area contributed by atoms with Gasteiger partial charge in [-0.25, -0.2) is 4.57 Å². The molecule has 0 amide bonds. The van der Waals surface area contributed by atoms with E-state index in [0.29, 0.717) is 0 Å². The maximum Gasteiger partial charge on any atom is 0.270 e. The molecule has 0 N–H and O–H groups in total. The number of nitrogens with zero attached hydrogens (tertiary/aromatic N) is 3. The Morgan fingerprint density at radius 1 is 1.05 bits per heavy atom. The molecular formula is C17H18N3+. The van der Waals surface area contributed by atoms with Crippen molar-refractivity contribution in [3.63, 3.8) is 0 Å². The summed E-state index contributed by atoms with van der Waals surface area (Å²) in [5.74, 6) is 0. The number of aryl methyl sites for hydroxylation is 3. The van der Waals surface area contributed by atoms with E-state index in [-0.39, 0.29) is 0 Å². The Kier molecular flexibility index (Phi) is 3.11. The maximum absolute atomic E-state index is 4.57. The van der Waals surface area contributed by atoms with E-state index in [4.69, 9.17) is 0 Å². The van der Waals surface area contributed by atoms with Crippen LogP contribution in [-0.2, 0) is 7.05 Å². The first-order chi connectivity index (χ1) is 9.65. The van der Waals surface area contributed by atoms with Crippen LogP contribution < -0.4 is 4.57 Å². The monoisotopic (exact) mass is 264 g/mol. The number of hydrogen-bond acceptors (Lipinski definition) is 1. The fourth-order valence-electron chi connectivity index (χ4n) is 2.30. The van der Waals surface area contributed by atoms with Crippen molar-refractivity contribution >= 4 is 17.2 Å². The Hall–Kier alpha value is -2.42. The molecule has 0 fully saturated rings. The molecule has 3 heteroatoms. The smallest absolute Gasteiger partial charge is 0.231 e. The number of aromatic nitrogens is 2.